The van der Waals surface area contributed by atoms with Crippen molar-refractivity contribution in [1.82, 2.24) is 0 Å². The summed E-state index contributed by atoms with van der Waals surface area (Å²) < 4.78 is 21.7. The van der Waals surface area contributed by atoms with Gasteiger partial charge in [0.05, 0.1) is 25.0 Å². The molecule has 1 rings (SSSR count). The van der Waals surface area contributed by atoms with Gasteiger partial charge in [-0.05, 0) is 0 Å². The second-order valence-corrected chi connectivity index (χ2v) is 4.55. The van der Waals surface area contributed by atoms with Gasteiger partial charge in [-0.15, -0.1) is 50.5 Å². The quantitative estimate of drug-likeness (QED) is 0.389. The van der Waals surface area contributed by atoms with Crippen LogP contribution in [-0.4, -0.2) is 0 Å². The molecule has 1 aromatic carbocycles. The van der Waals surface area contributed by atoms with Crippen molar-refractivity contribution in [2.24, 2.45) is 0 Å². The van der Waals surface area contributed by atoms with Crippen LogP contribution in [0.2, 0.25) is 0 Å². The molecule has 0 aliphatic rings. The molecule has 0 atom stereocenters. The van der Waals surface area contributed by atoms with Crippen molar-refractivity contribution < 1.29 is 18.9 Å². The second kappa shape index (κ2) is 11.4. The molecule has 0 aliphatic carbocycles. The fourth-order valence-electron chi connectivity index (χ4n) is 1.33. The first-order valence-electron chi connectivity index (χ1n) is 5.78. The summed E-state index contributed by atoms with van der Waals surface area (Å²) in [7, 11) is 0. The minimum atomic E-state index is 0.338. The van der Waals surface area contributed by atoms with Crippen LogP contribution in [0.5, 0.6) is 23.0 Å². The maximum Gasteiger partial charge on any atom is 0.211 e. The molecule has 0 N–H and O–H groups in total. The largest absolute Gasteiger partial charge is 0.464 e. The van der Waals surface area contributed by atoms with Crippen molar-refractivity contribution in [3.8, 4) is 23.0 Å². The Morgan fingerprint density at radius 2 is 1.00 bits per heavy atom. The third-order valence-electron chi connectivity index (χ3n) is 2.02. The number of hydrogen-bond donors (Lipinski definition) is 4. The Morgan fingerprint density at radius 1 is 0.591 bits per heavy atom. The van der Waals surface area contributed by atoms with Crippen molar-refractivity contribution in [2.45, 2.75) is 0 Å². The molecule has 0 aliphatic heterocycles. The van der Waals surface area contributed by atoms with Gasteiger partial charge in [0.15, 0.2) is 11.5 Å². The fraction of sp³-hybridized carbons (Fsp3) is 0. The zero-order chi connectivity index (χ0) is 16.2. The van der Waals surface area contributed by atoms with Gasteiger partial charge in [0.2, 0.25) is 5.75 Å². The summed E-state index contributed by atoms with van der Waals surface area (Å²) >= 11 is 15.8. The Kier molecular flexibility index (Phi) is 9.72. The van der Waals surface area contributed by atoms with Crippen molar-refractivity contribution in [3.63, 3.8) is 0 Å². The molecule has 0 amide bonds. The van der Waals surface area contributed by atoms with Crippen molar-refractivity contribution in [2.75, 3.05) is 0 Å². The molecule has 0 saturated heterocycles. The lowest BCUT2D eigenvalue weighted by Crippen LogP contribution is -1.95. The summed E-state index contributed by atoms with van der Waals surface area (Å²) in [5, 5.41) is 5.77. The lowest BCUT2D eigenvalue weighted by atomic mass is 10.2. The number of hydrogen-bond acceptors (Lipinski definition) is 8. The summed E-state index contributed by atoms with van der Waals surface area (Å²) in [5.74, 6) is 1.54. The smallest absolute Gasteiger partial charge is 0.211 e. The van der Waals surface area contributed by atoms with Crippen LogP contribution in [0.1, 0.15) is 0 Å². The van der Waals surface area contributed by atoms with Gasteiger partial charge in [0, 0.05) is 33.8 Å². The van der Waals surface area contributed by atoms with E-state index in [-0.39, 0.29) is 0 Å². The predicted molar refractivity (Wildman–Crippen MR) is 101 cm³/mol. The molecule has 0 aromatic heterocycles. The zero-order valence-electron chi connectivity index (χ0n) is 11.2. The average molecular weight is 375 g/mol. The minimum Gasteiger partial charge on any atom is -0.464 e. The maximum atomic E-state index is 5.46. The standard InChI is InChI=1S/C14H14O4S4/c19-5-1-15-11-9-12(16-2-6-20)14(18-4-8-22)13(10-11)17-3-7-21/h1-10,19-22H. The highest BCUT2D eigenvalue weighted by Crippen LogP contribution is 2.42. The van der Waals surface area contributed by atoms with Crippen molar-refractivity contribution in [3.05, 3.63) is 58.8 Å². The number of benzene rings is 1. The van der Waals surface area contributed by atoms with Crippen LogP contribution in [0.25, 0.3) is 0 Å². The summed E-state index contributed by atoms with van der Waals surface area (Å²) in [6, 6.07) is 3.25. The molecule has 0 spiro atoms. The fourth-order valence-corrected chi connectivity index (χ4v) is 1.57. The highest BCUT2D eigenvalue weighted by atomic mass is 32.1. The van der Waals surface area contributed by atoms with E-state index in [1.807, 2.05) is 0 Å². The van der Waals surface area contributed by atoms with E-state index in [0.717, 1.165) is 0 Å². The van der Waals surface area contributed by atoms with Crippen LogP contribution < -0.4 is 18.9 Å². The van der Waals surface area contributed by atoms with Crippen LogP contribution in [0.4, 0.5) is 0 Å². The molecule has 0 unspecified atom stereocenters. The van der Waals surface area contributed by atoms with Crippen LogP contribution in [0.3, 0.4) is 0 Å². The molecule has 0 radical (unpaired) electrons. The van der Waals surface area contributed by atoms with Gasteiger partial charge in [-0.25, -0.2) is 0 Å². The Bertz CT molecular complexity index is 547. The van der Waals surface area contributed by atoms with Crippen molar-refractivity contribution in [1.29, 1.82) is 0 Å². The van der Waals surface area contributed by atoms with Crippen LogP contribution >= 0.6 is 50.5 Å². The summed E-state index contributed by atoms with van der Waals surface area (Å²) in [5.41, 5.74) is 0. The van der Waals surface area contributed by atoms with E-state index in [2.05, 4.69) is 50.5 Å². The van der Waals surface area contributed by atoms with E-state index in [9.17, 15) is 0 Å². The molecular formula is C14H14O4S4. The molecule has 1 aromatic rings. The minimum absolute atomic E-state index is 0.338. The van der Waals surface area contributed by atoms with Crippen molar-refractivity contribution >= 4 is 50.5 Å². The monoisotopic (exact) mass is 374 g/mol. The van der Waals surface area contributed by atoms with E-state index in [0.29, 0.717) is 23.0 Å². The summed E-state index contributed by atoms with van der Waals surface area (Å²) in [4.78, 5) is 0. The van der Waals surface area contributed by atoms with Gasteiger partial charge in [-0.2, -0.15) is 0 Å². The highest BCUT2D eigenvalue weighted by molar-refractivity contribution is 7.83. The topological polar surface area (TPSA) is 36.9 Å². The predicted octanol–water partition coefficient (Wildman–Crippen LogP) is 4.81. The van der Waals surface area contributed by atoms with Gasteiger partial charge in [-0.3, -0.25) is 0 Å². The lowest BCUT2D eigenvalue weighted by molar-refractivity contribution is 0.378. The third-order valence-corrected chi connectivity index (χ3v) is 2.50. The van der Waals surface area contributed by atoms with E-state index in [1.165, 1.54) is 46.7 Å². The number of thiol groups is 4. The maximum absolute atomic E-state index is 5.46. The highest BCUT2D eigenvalue weighted by Gasteiger charge is 2.15. The molecular weight excluding hydrogens is 360 g/mol. The second-order valence-electron chi connectivity index (χ2n) is 3.36. The van der Waals surface area contributed by atoms with Gasteiger partial charge >= 0.3 is 0 Å². The molecule has 0 fully saturated rings. The Balaban J connectivity index is 3.30. The molecule has 8 heteroatoms. The number of rotatable bonds is 8. The normalized spacial score (nSPS) is 11.8. The third kappa shape index (κ3) is 6.27. The molecule has 4 nitrogen and oxygen atoms in total. The Morgan fingerprint density at radius 3 is 1.45 bits per heavy atom. The Hall–Kier alpha value is -1.22. The van der Waals surface area contributed by atoms with Gasteiger partial charge in [0.1, 0.15) is 5.75 Å². The van der Waals surface area contributed by atoms with Crippen LogP contribution in [0, 0.1) is 0 Å². The summed E-state index contributed by atoms with van der Waals surface area (Å²) in [6.07, 6.45) is 5.54. The Labute approximate surface area is 151 Å². The van der Waals surface area contributed by atoms with E-state index in [1.54, 1.807) is 12.1 Å². The SMILES string of the molecule is SC=COc1cc(OC=CS)c(OC=CS)c(OC=CS)c1. The molecule has 0 saturated carbocycles. The van der Waals surface area contributed by atoms with Gasteiger partial charge in [0.25, 0.3) is 0 Å². The van der Waals surface area contributed by atoms with Crippen LogP contribution in [0.15, 0.2) is 58.8 Å². The average Bonchev–Trinajstić information content (AvgIpc) is 2.54. The first-order chi connectivity index (χ1) is 10.8. The van der Waals surface area contributed by atoms with Gasteiger partial charge < -0.3 is 18.9 Å². The van der Waals surface area contributed by atoms with Gasteiger partial charge in [-0.1, -0.05) is 0 Å². The van der Waals surface area contributed by atoms with E-state index >= 15 is 0 Å². The molecule has 0 heterocycles. The molecule has 0 bridgehead atoms. The van der Waals surface area contributed by atoms with E-state index < -0.39 is 0 Å². The number of ether oxygens (including phenoxy) is 4. The first kappa shape index (κ1) is 18.8. The van der Waals surface area contributed by atoms with Crippen LogP contribution in [-0.2, 0) is 0 Å². The first-order valence-corrected chi connectivity index (χ1v) is 7.85. The molecule has 118 valence electrons. The lowest BCUT2D eigenvalue weighted by Gasteiger charge is -2.13. The summed E-state index contributed by atoms with van der Waals surface area (Å²) in [6.45, 7) is 0. The molecule has 22 heavy (non-hydrogen) atoms. The van der Waals surface area contributed by atoms with E-state index in [4.69, 9.17) is 18.9 Å². The zero-order valence-corrected chi connectivity index (χ0v) is 14.8.